The SMILES string of the molecule is Fc1cc2nc(-c3ccc(OC(Cl)C4CC4)cc3)n(Cc3ccccc3)c2cc1F. The molecule has 1 heterocycles. The lowest BCUT2D eigenvalue weighted by Crippen LogP contribution is -2.10. The number of benzene rings is 3. The summed E-state index contributed by atoms with van der Waals surface area (Å²) < 4.78 is 35.5. The molecule has 1 aliphatic carbocycles. The lowest BCUT2D eigenvalue weighted by molar-refractivity contribution is 0.258. The molecule has 30 heavy (non-hydrogen) atoms. The van der Waals surface area contributed by atoms with Crippen LogP contribution in [0.4, 0.5) is 8.78 Å². The number of fused-ring (bicyclic) bond motifs is 1. The molecule has 0 N–H and O–H groups in total. The van der Waals surface area contributed by atoms with E-state index in [0.29, 0.717) is 35.1 Å². The highest BCUT2D eigenvalue weighted by Crippen LogP contribution is 2.37. The summed E-state index contributed by atoms with van der Waals surface area (Å²) in [5.74, 6) is -0.0506. The Morgan fingerprint density at radius 3 is 2.40 bits per heavy atom. The van der Waals surface area contributed by atoms with E-state index in [1.165, 1.54) is 6.07 Å². The van der Waals surface area contributed by atoms with Crippen molar-refractivity contribution in [2.75, 3.05) is 0 Å². The van der Waals surface area contributed by atoms with Gasteiger partial charge in [0.2, 0.25) is 0 Å². The number of rotatable bonds is 6. The van der Waals surface area contributed by atoms with Crippen LogP contribution in [-0.2, 0) is 6.54 Å². The maximum absolute atomic E-state index is 14.0. The minimum Gasteiger partial charge on any atom is -0.474 e. The van der Waals surface area contributed by atoms with E-state index >= 15 is 0 Å². The maximum atomic E-state index is 14.0. The molecule has 0 saturated heterocycles. The lowest BCUT2D eigenvalue weighted by atomic mass is 10.2. The number of alkyl halides is 1. The number of imidazole rings is 1. The molecule has 1 aliphatic rings. The van der Waals surface area contributed by atoms with Crippen molar-refractivity contribution in [1.82, 2.24) is 9.55 Å². The molecule has 0 spiro atoms. The number of ether oxygens (including phenoxy) is 1. The second-order valence-electron chi connectivity index (χ2n) is 7.59. The third kappa shape index (κ3) is 3.77. The van der Waals surface area contributed by atoms with Crippen molar-refractivity contribution in [2.45, 2.75) is 24.9 Å². The first-order valence-electron chi connectivity index (χ1n) is 9.89. The number of nitrogens with zero attached hydrogens (tertiary/aromatic N) is 2. The average Bonchev–Trinajstić information content (AvgIpc) is 3.55. The van der Waals surface area contributed by atoms with Crippen molar-refractivity contribution < 1.29 is 13.5 Å². The fraction of sp³-hybridized carbons (Fsp3) is 0.208. The van der Waals surface area contributed by atoms with Gasteiger partial charge in [0.1, 0.15) is 11.6 Å². The van der Waals surface area contributed by atoms with Gasteiger partial charge >= 0.3 is 0 Å². The van der Waals surface area contributed by atoms with Crippen LogP contribution in [0.2, 0.25) is 0 Å². The summed E-state index contributed by atoms with van der Waals surface area (Å²) in [6.07, 6.45) is 2.20. The molecule has 1 atom stereocenters. The molecule has 0 radical (unpaired) electrons. The molecule has 1 saturated carbocycles. The number of aromatic nitrogens is 2. The van der Waals surface area contributed by atoms with E-state index in [1.54, 1.807) is 0 Å². The van der Waals surface area contributed by atoms with Crippen molar-refractivity contribution in [3.05, 3.63) is 83.9 Å². The van der Waals surface area contributed by atoms with Crippen molar-refractivity contribution in [1.29, 1.82) is 0 Å². The normalized spacial score (nSPS) is 14.8. The van der Waals surface area contributed by atoms with Crippen molar-refractivity contribution in [2.24, 2.45) is 5.92 Å². The molecule has 4 aromatic rings. The lowest BCUT2D eigenvalue weighted by Gasteiger charge is -2.13. The van der Waals surface area contributed by atoms with Crippen LogP contribution in [0.5, 0.6) is 5.75 Å². The van der Waals surface area contributed by atoms with Gasteiger partial charge in [-0.2, -0.15) is 0 Å². The Labute approximate surface area is 177 Å². The van der Waals surface area contributed by atoms with Gasteiger partial charge in [0, 0.05) is 30.2 Å². The van der Waals surface area contributed by atoms with E-state index in [1.807, 2.05) is 59.2 Å². The Bertz CT molecular complexity index is 1190. The van der Waals surface area contributed by atoms with Gasteiger partial charge in [-0.05, 0) is 42.7 Å². The second-order valence-corrected chi connectivity index (χ2v) is 8.02. The minimum absolute atomic E-state index is 0.315. The van der Waals surface area contributed by atoms with Crippen LogP contribution < -0.4 is 4.74 Å². The van der Waals surface area contributed by atoms with Gasteiger partial charge in [-0.15, -0.1) is 0 Å². The largest absolute Gasteiger partial charge is 0.474 e. The van der Waals surface area contributed by atoms with E-state index in [0.717, 1.165) is 30.0 Å². The standard InChI is InChI=1S/C24H19ClF2N2O/c25-23(16-6-7-16)30-18-10-8-17(9-11-18)24-28-21-12-19(26)20(27)13-22(21)29(24)14-15-4-2-1-3-5-15/h1-5,8-13,16,23H,6-7,14H2. The molecule has 3 aromatic carbocycles. The summed E-state index contributed by atoms with van der Waals surface area (Å²) in [4.78, 5) is 4.60. The third-order valence-electron chi connectivity index (χ3n) is 5.33. The molecular weight excluding hydrogens is 406 g/mol. The molecule has 1 aromatic heterocycles. The van der Waals surface area contributed by atoms with Gasteiger partial charge in [-0.3, -0.25) is 0 Å². The van der Waals surface area contributed by atoms with Crippen molar-refractivity contribution in [3.8, 4) is 17.1 Å². The highest BCUT2D eigenvalue weighted by Gasteiger charge is 2.31. The van der Waals surface area contributed by atoms with Gasteiger partial charge in [-0.25, -0.2) is 13.8 Å². The van der Waals surface area contributed by atoms with Gasteiger partial charge in [0.15, 0.2) is 17.2 Å². The van der Waals surface area contributed by atoms with Crippen LogP contribution in [-0.4, -0.2) is 15.1 Å². The zero-order valence-corrected chi connectivity index (χ0v) is 16.8. The van der Waals surface area contributed by atoms with Crippen LogP contribution >= 0.6 is 11.6 Å². The topological polar surface area (TPSA) is 27.1 Å². The number of halogens is 3. The van der Waals surface area contributed by atoms with Crippen LogP contribution in [0.1, 0.15) is 18.4 Å². The van der Waals surface area contributed by atoms with Gasteiger partial charge < -0.3 is 9.30 Å². The Hall–Kier alpha value is -2.92. The predicted molar refractivity (Wildman–Crippen MR) is 114 cm³/mol. The van der Waals surface area contributed by atoms with Crippen molar-refractivity contribution >= 4 is 22.6 Å². The summed E-state index contributed by atoms with van der Waals surface area (Å²) in [5, 5.41) is 0. The smallest absolute Gasteiger partial charge is 0.175 e. The molecular formula is C24H19ClF2N2O. The molecule has 0 aliphatic heterocycles. The zero-order chi connectivity index (χ0) is 20.7. The highest BCUT2D eigenvalue weighted by atomic mass is 35.5. The highest BCUT2D eigenvalue weighted by molar-refractivity contribution is 6.20. The van der Waals surface area contributed by atoms with E-state index < -0.39 is 11.6 Å². The molecule has 3 nitrogen and oxygen atoms in total. The van der Waals surface area contributed by atoms with E-state index in [-0.39, 0.29) is 5.56 Å². The summed E-state index contributed by atoms with van der Waals surface area (Å²) in [7, 11) is 0. The summed E-state index contributed by atoms with van der Waals surface area (Å²) in [6, 6.07) is 19.6. The second kappa shape index (κ2) is 7.73. The van der Waals surface area contributed by atoms with E-state index in [9.17, 15) is 8.78 Å². The van der Waals surface area contributed by atoms with Crippen LogP contribution in [0.3, 0.4) is 0 Å². The predicted octanol–water partition coefficient (Wildman–Crippen LogP) is 6.38. The van der Waals surface area contributed by atoms with Gasteiger partial charge in [0.25, 0.3) is 0 Å². The fourth-order valence-electron chi connectivity index (χ4n) is 3.53. The molecule has 152 valence electrons. The van der Waals surface area contributed by atoms with E-state index in [4.69, 9.17) is 16.3 Å². The van der Waals surface area contributed by atoms with Crippen LogP contribution in [0.15, 0.2) is 66.7 Å². The first kappa shape index (κ1) is 19.1. The monoisotopic (exact) mass is 424 g/mol. The molecule has 1 fully saturated rings. The quantitative estimate of drug-likeness (QED) is 0.335. The fourth-order valence-corrected chi connectivity index (χ4v) is 3.89. The molecule has 0 amide bonds. The molecule has 6 heteroatoms. The third-order valence-corrected chi connectivity index (χ3v) is 5.77. The zero-order valence-electron chi connectivity index (χ0n) is 16.1. The Kier molecular flexibility index (Phi) is 4.91. The first-order chi connectivity index (χ1) is 14.6. The molecule has 5 rings (SSSR count). The van der Waals surface area contributed by atoms with Crippen LogP contribution in [0.25, 0.3) is 22.4 Å². The molecule has 0 bridgehead atoms. The maximum Gasteiger partial charge on any atom is 0.175 e. The van der Waals surface area contributed by atoms with E-state index in [2.05, 4.69) is 4.98 Å². The first-order valence-corrected chi connectivity index (χ1v) is 10.3. The van der Waals surface area contributed by atoms with Crippen molar-refractivity contribution in [3.63, 3.8) is 0 Å². The number of hydrogen-bond donors (Lipinski definition) is 0. The Morgan fingerprint density at radius 1 is 1.00 bits per heavy atom. The molecule has 1 unspecified atom stereocenters. The summed E-state index contributed by atoms with van der Waals surface area (Å²) >= 11 is 6.26. The summed E-state index contributed by atoms with van der Waals surface area (Å²) in [6.45, 7) is 0.488. The van der Waals surface area contributed by atoms with Gasteiger partial charge in [0.05, 0.1) is 11.0 Å². The average molecular weight is 425 g/mol. The Morgan fingerprint density at radius 2 is 1.70 bits per heavy atom. The summed E-state index contributed by atoms with van der Waals surface area (Å²) in [5.41, 5.74) is 2.51. The van der Waals surface area contributed by atoms with Gasteiger partial charge in [-0.1, -0.05) is 41.9 Å². The minimum atomic E-state index is -0.907. The Balaban J connectivity index is 1.54. The number of hydrogen-bond acceptors (Lipinski definition) is 2. The van der Waals surface area contributed by atoms with Crippen LogP contribution in [0, 0.1) is 17.6 Å².